The SMILES string of the molecule is N#Cc1cc(Cl)ccc1NCC(N)c1ccccc1. The molecular weight excluding hydrogens is 258 g/mol. The first-order valence-electron chi connectivity index (χ1n) is 5.95. The minimum absolute atomic E-state index is 0.122. The molecule has 96 valence electrons. The molecule has 1 atom stereocenters. The van der Waals surface area contributed by atoms with E-state index >= 15 is 0 Å². The second-order valence-electron chi connectivity index (χ2n) is 4.20. The summed E-state index contributed by atoms with van der Waals surface area (Å²) in [7, 11) is 0. The van der Waals surface area contributed by atoms with E-state index in [0.29, 0.717) is 17.1 Å². The quantitative estimate of drug-likeness (QED) is 0.897. The van der Waals surface area contributed by atoms with E-state index in [2.05, 4.69) is 11.4 Å². The number of halogens is 1. The minimum atomic E-state index is -0.122. The molecule has 4 heteroatoms. The van der Waals surface area contributed by atoms with E-state index in [4.69, 9.17) is 22.6 Å². The fourth-order valence-corrected chi connectivity index (χ4v) is 1.97. The number of nitrogens with one attached hydrogen (secondary N) is 1. The van der Waals surface area contributed by atoms with Gasteiger partial charge in [-0.2, -0.15) is 5.26 Å². The Bertz CT molecular complexity index is 590. The minimum Gasteiger partial charge on any atom is -0.382 e. The lowest BCUT2D eigenvalue weighted by Gasteiger charge is -2.15. The van der Waals surface area contributed by atoms with Crippen LogP contribution in [0.1, 0.15) is 17.2 Å². The molecule has 0 bridgehead atoms. The Morgan fingerprint density at radius 1 is 1.21 bits per heavy atom. The molecule has 0 amide bonds. The summed E-state index contributed by atoms with van der Waals surface area (Å²) in [5, 5.41) is 12.8. The standard InChI is InChI=1S/C15H14ClN3/c16-13-6-7-15(12(8-13)9-17)19-10-14(18)11-4-2-1-3-5-11/h1-8,14,19H,10,18H2. The number of nitriles is 1. The highest BCUT2D eigenvalue weighted by atomic mass is 35.5. The summed E-state index contributed by atoms with van der Waals surface area (Å²) < 4.78 is 0. The van der Waals surface area contributed by atoms with E-state index < -0.39 is 0 Å². The summed E-state index contributed by atoms with van der Waals surface area (Å²) in [6, 6.07) is 17.0. The molecule has 0 radical (unpaired) electrons. The summed E-state index contributed by atoms with van der Waals surface area (Å²) in [4.78, 5) is 0. The van der Waals surface area contributed by atoms with Crippen LogP contribution in [0.5, 0.6) is 0 Å². The fraction of sp³-hybridized carbons (Fsp3) is 0.133. The van der Waals surface area contributed by atoms with Gasteiger partial charge in [0, 0.05) is 17.6 Å². The van der Waals surface area contributed by atoms with Crippen molar-refractivity contribution in [1.82, 2.24) is 0 Å². The molecule has 2 aromatic rings. The fourth-order valence-electron chi connectivity index (χ4n) is 1.80. The highest BCUT2D eigenvalue weighted by Gasteiger charge is 2.07. The second-order valence-corrected chi connectivity index (χ2v) is 4.64. The maximum atomic E-state index is 9.05. The third-order valence-corrected chi connectivity index (χ3v) is 3.08. The first kappa shape index (κ1) is 13.4. The van der Waals surface area contributed by atoms with Crippen LogP contribution in [0.25, 0.3) is 0 Å². The molecule has 1 unspecified atom stereocenters. The zero-order valence-electron chi connectivity index (χ0n) is 10.3. The van der Waals surface area contributed by atoms with Gasteiger partial charge in [-0.3, -0.25) is 0 Å². The van der Waals surface area contributed by atoms with Gasteiger partial charge < -0.3 is 11.1 Å². The van der Waals surface area contributed by atoms with Crippen LogP contribution in [0.2, 0.25) is 5.02 Å². The summed E-state index contributed by atoms with van der Waals surface area (Å²) in [5.41, 5.74) is 8.42. The first-order chi connectivity index (χ1) is 9.20. The van der Waals surface area contributed by atoms with Crippen LogP contribution in [-0.4, -0.2) is 6.54 Å². The van der Waals surface area contributed by atoms with Gasteiger partial charge in [0.25, 0.3) is 0 Å². The Morgan fingerprint density at radius 2 is 1.95 bits per heavy atom. The largest absolute Gasteiger partial charge is 0.382 e. The molecule has 2 aromatic carbocycles. The van der Waals surface area contributed by atoms with Crippen molar-refractivity contribution in [2.75, 3.05) is 11.9 Å². The van der Waals surface area contributed by atoms with E-state index in [0.717, 1.165) is 11.3 Å². The third-order valence-electron chi connectivity index (χ3n) is 2.84. The van der Waals surface area contributed by atoms with Crippen molar-refractivity contribution in [3.05, 3.63) is 64.7 Å². The van der Waals surface area contributed by atoms with Crippen molar-refractivity contribution >= 4 is 17.3 Å². The Morgan fingerprint density at radius 3 is 2.63 bits per heavy atom. The maximum absolute atomic E-state index is 9.05. The van der Waals surface area contributed by atoms with Crippen molar-refractivity contribution in [3.63, 3.8) is 0 Å². The average molecular weight is 272 g/mol. The topological polar surface area (TPSA) is 61.8 Å². The maximum Gasteiger partial charge on any atom is 0.101 e. The lowest BCUT2D eigenvalue weighted by Crippen LogP contribution is -2.20. The second kappa shape index (κ2) is 6.24. The van der Waals surface area contributed by atoms with E-state index in [1.807, 2.05) is 30.3 Å². The number of hydrogen-bond donors (Lipinski definition) is 2. The monoisotopic (exact) mass is 271 g/mol. The van der Waals surface area contributed by atoms with Gasteiger partial charge in [-0.05, 0) is 23.8 Å². The summed E-state index contributed by atoms with van der Waals surface area (Å²) >= 11 is 5.85. The normalized spacial score (nSPS) is 11.6. The van der Waals surface area contributed by atoms with Crippen LogP contribution in [0.15, 0.2) is 48.5 Å². The number of hydrogen-bond acceptors (Lipinski definition) is 3. The molecule has 0 heterocycles. The number of nitrogens with two attached hydrogens (primary N) is 1. The molecule has 0 aliphatic heterocycles. The molecular formula is C15H14ClN3. The molecule has 0 aliphatic carbocycles. The molecule has 19 heavy (non-hydrogen) atoms. The molecule has 2 rings (SSSR count). The van der Waals surface area contributed by atoms with Gasteiger partial charge in [0.15, 0.2) is 0 Å². The Labute approximate surface area is 117 Å². The molecule has 0 saturated heterocycles. The molecule has 0 saturated carbocycles. The van der Waals surface area contributed by atoms with Crippen molar-refractivity contribution < 1.29 is 0 Å². The van der Waals surface area contributed by atoms with Crippen LogP contribution in [0, 0.1) is 11.3 Å². The van der Waals surface area contributed by atoms with Crippen molar-refractivity contribution in [2.24, 2.45) is 5.73 Å². The summed E-state index contributed by atoms with van der Waals surface area (Å²) in [6.45, 7) is 0.556. The first-order valence-corrected chi connectivity index (χ1v) is 6.32. The lowest BCUT2D eigenvalue weighted by molar-refractivity contribution is 0.764. The molecule has 3 nitrogen and oxygen atoms in total. The van der Waals surface area contributed by atoms with Crippen LogP contribution in [0.3, 0.4) is 0 Å². The predicted molar refractivity (Wildman–Crippen MR) is 78.0 cm³/mol. The third kappa shape index (κ3) is 3.47. The van der Waals surface area contributed by atoms with Crippen LogP contribution in [-0.2, 0) is 0 Å². The number of benzene rings is 2. The molecule has 0 fully saturated rings. The van der Waals surface area contributed by atoms with Gasteiger partial charge in [0.2, 0.25) is 0 Å². The number of rotatable bonds is 4. The highest BCUT2D eigenvalue weighted by molar-refractivity contribution is 6.30. The van der Waals surface area contributed by atoms with Gasteiger partial charge >= 0.3 is 0 Å². The van der Waals surface area contributed by atoms with Gasteiger partial charge in [-0.15, -0.1) is 0 Å². The van der Waals surface area contributed by atoms with Gasteiger partial charge in [-0.25, -0.2) is 0 Å². The van der Waals surface area contributed by atoms with E-state index in [1.54, 1.807) is 18.2 Å². The van der Waals surface area contributed by atoms with Gasteiger partial charge in [0.1, 0.15) is 6.07 Å². The predicted octanol–water partition coefficient (Wildman–Crippen LogP) is 3.32. The van der Waals surface area contributed by atoms with Crippen LogP contribution < -0.4 is 11.1 Å². The van der Waals surface area contributed by atoms with Crippen molar-refractivity contribution in [2.45, 2.75) is 6.04 Å². The summed E-state index contributed by atoms with van der Waals surface area (Å²) in [6.07, 6.45) is 0. The number of anilines is 1. The molecule has 0 aromatic heterocycles. The molecule has 0 aliphatic rings. The van der Waals surface area contributed by atoms with Crippen LogP contribution in [0.4, 0.5) is 5.69 Å². The highest BCUT2D eigenvalue weighted by Crippen LogP contribution is 2.20. The van der Waals surface area contributed by atoms with E-state index in [9.17, 15) is 0 Å². The Kier molecular flexibility index (Phi) is 4.40. The van der Waals surface area contributed by atoms with Gasteiger partial charge in [-0.1, -0.05) is 41.9 Å². The zero-order valence-corrected chi connectivity index (χ0v) is 11.1. The molecule has 3 N–H and O–H groups in total. The van der Waals surface area contributed by atoms with Crippen LogP contribution >= 0.6 is 11.6 Å². The van der Waals surface area contributed by atoms with E-state index in [-0.39, 0.29) is 6.04 Å². The Balaban J connectivity index is 2.05. The number of nitrogens with zero attached hydrogens (tertiary/aromatic N) is 1. The molecule has 0 spiro atoms. The summed E-state index contributed by atoms with van der Waals surface area (Å²) in [5.74, 6) is 0. The lowest BCUT2D eigenvalue weighted by atomic mass is 10.1. The average Bonchev–Trinajstić information content (AvgIpc) is 2.46. The smallest absolute Gasteiger partial charge is 0.101 e. The Hall–Kier alpha value is -2.02. The van der Waals surface area contributed by atoms with Gasteiger partial charge in [0.05, 0.1) is 11.3 Å². The van der Waals surface area contributed by atoms with E-state index in [1.165, 1.54) is 0 Å². The zero-order chi connectivity index (χ0) is 13.7. The van der Waals surface area contributed by atoms with Crippen molar-refractivity contribution in [1.29, 1.82) is 5.26 Å². The van der Waals surface area contributed by atoms with Crippen molar-refractivity contribution in [3.8, 4) is 6.07 Å².